The average molecular weight is 343 g/mol. The van der Waals surface area contributed by atoms with Crippen LogP contribution in [0, 0.1) is 11.7 Å². The molecule has 0 aliphatic carbocycles. The van der Waals surface area contributed by atoms with E-state index in [1.807, 2.05) is 13.8 Å². The summed E-state index contributed by atoms with van der Waals surface area (Å²) in [7, 11) is 0. The topological polar surface area (TPSA) is 49.4 Å². The number of nitrogens with one attached hydrogen (secondary N) is 1. The van der Waals surface area contributed by atoms with Crippen LogP contribution in [0.25, 0.3) is 0 Å². The summed E-state index contributed by atoms with van der Waals surface area (Å²) in [6, 6.07) is 4.51. The van der Waals surface area contributed by atoms with Crippen molar-refractivity contribution in [2.24, 2.45) is 5.92 Å². The van der Waals surface area contributed by atoms with Crippen LogP contribution in [0.2, 0.25) is 0 Å². The molecule has 0 spiro atoms. The summed E-state index contributed by atoms with van der Waals surface area (Å²) < 4.78 is 14.3. The maximum Gasteiger partial charge on any atom is 0.229 e. The molecule has 1 fully saturated rings. The van der Waals surface area contributed by atoms with Gasteiger partial charge in [0.1, 0.15) is 5.82 Å². The summed E-state index contributed by atoms with van der Waals surface area (Å²) in [6.45, 7) is 4.21. The maximum absolute atomic E-state index is 13.7. The molecule has 2 amide bonds. The molecule has 0 bridgehead atoms. The van der Waals surface area contributed by atoms with Gasteiger partial charge < -0.3 is 10.2 Å². The number of carbonyl (C=O) groups excluding carboxylic acids is 2. The van der Waals surface area contributed by atoms with Crippen LogP contribution in [0.4, 0.5) is 10.1 Å². The van der Waals surface area contributed by atoms with Crippen molar-refractivity contribution in [3.8, 4) is 0 Å². The highest BCUT2D eigenvalue weighted by molar-refractivity contribution is 9.10. The number of amides is 2. The highest BCUT2D eigenvalue weighted by Gasteiger charge is 2.35. The van der Waals surface area contributed by atoms with Crippen molar-refractivity contribution >= 4 is 33.4 Å². The first-order chi connectivity index (χ1) is 9.38. The van der Waals surface area contributed by atoms with Crippen LogP contribution < -0.4 is 5.32 Å². The van der Waals surface area contributed by atoms with E-state index < -0.39 is 11.7 Å². The van der Waals surface area contributed by atoms with Crippen molar-refractivity contribution in [3.63, 3.8) is 0 Å². The zero-order chi connectivity index (χ0) is 14.9. The first-order valence-electron chi connectivity index (χ1n) is 6.44. The number of benzene rings is 1. The van der Waals surface area contributed by atoms with Crippen molar-refractivity contribution in [2.75, 3.05) is 11.9 Å². The van der Waals surface area contributed by atoms with E-state index in [0.717, 1.165) is 0 Å². The second-order valence-corrected chi connectivity index (χ2v) is 6.07. The van der Waals surface area contributed by atoms with Gasteiger partial charge in [-0.3, -0.25) is 9.59 Å². The number of carbonyl (C=O) groups is 2. The van der Waals surface area contributed by atoms with Gasteiger partial charge in [-0.2, -0.15) is 0 Å². The molecule has 1 aliphatic rings. The third-order valence-corrected chi connectivity index (χ3v) is 3.83. The van der Waals surface area contributed by atoms with Crippen molar-refractivity contribution in [3.05, 3.63) is 28.5 Å². The molecule has 1 aliphatic heterocycles. The van der Waals surface area contributed by atoms with Crippen LogP contribution in [-0.2, 0) is 9.59 Å². The van der Waals surface area contributed by atoms with Crippen molar-refractivity contribution < 1.29 is 14.0 Å². The molecule has 1 aromatic carbocycles. The van der Waals surface area contributed by atoms with Gasteiger partial charge in [0.2, 0.25) is 11.8 Å². The molecule has 1 N–H and O–H groups in total. The Morgan fingerprint density at radius 1 is 1.50 bits per heavy atom. The molecule has 20 heavy (non-hydrogen) atoms. The Hall–Kier alpha value is -1.43. The Balaban J connectivity index is 2.04. The van der Waals surface area contributed by atoms with Crippen molar-refractivity contribution in [2.45, 2.75) is 26.3 Å². The standard InChI is InChI=1S/C14H16BrFN2O2/c1-8(2)18-7-9(5-13(18)19)14(20)17-12-4-3-10(15)6-11(12)16/h3-4,6,8-9H,5,7H2,1-2H3,(H,17,20)/t9-/m0/s1. The van der Waals surface area contributed by atoms with Gasteiger partial charge in [0, 0.05) is 23.5 Å². The van der Waals surface area contributed by atoms with E-state index in [-0.39, 0.29) is 30.0 Å². The number of rotatable bonds is 3. The van der Waals surface area contributed by atoms with Gasteiger partial charge in [0.15, 0.2) is 0 Å². The Morgan fingerprint density at radius 3 is 2.75 bits per heavy atom. The summed E-state index contributed by atoms with van der Waals surface area (Å²) in [5.41, 5.74) is 0.133. The van der Waals surface area contributed by atoms with Gasteiger partial charge in [-0.15, -0.1) is 0 Å². The second-order valence-electron chi connectivity index (χ2n) is 5.15. The summed E-state index contributed by atoms with van der Waals surface area (Å²) in [6.07, 6.45) is 0.183. The smallest absolute Gasteiger partial charge is 0.229 e. The maximum atomic E-state index is 13.7. The zero-order valence-corrected chi connectivity index (χ0v) is 12.9. The van der Waals surface area contributed by atoms with Crippen LogP contribution in [0.1, 0.15) is 20.3 Å². The zero-order valence-electron chi connectivity index (χ0n) is 11.3. The van der Waals surface area contributed by atoms with E-state index in [4.69, 9.17) is 0 Å². The SMILES string of the molecule is CC(C)N1C[C@@H](C(=O)Nc2ccc(Br)cc2F)CC1=O. The van der Waals surface area contributed by atoms with E-state index in [1.165, 1.54) is 12.1 Å². The predicted molar refractivity (Wildman–Crippen MR) is 77.7 cm³/mol. The molecule has 1 atom stereocenters. The van der Waals surface area contributed by atoms with Gasteiger partial charge in [-0.25, -0.2) is 4.39 Å². The summed E-state index contributed by atoms with van der Waals surface area (Å²) >= 11 is 3.16. The molecule has 1 aromatic rings. The Labute approximate surface area is 125 Å². The highest BCUT2D eigenvalue weighted by Crippen LogP contribution is 2.24. The molecule has 0 radical (unpaired) electrons. The molecule has 2 rings (SSSR count). The molecule has 1 heterocycles. The molecule has 108 valence electrons. The van der Waals surface area contributed by atoms with E-state index in [9.17, 15) is 14.0 Å². The lowest BCUT2D eigenvalue weighted by Crippen LogP contribution is -2.33. The summed E-state index contributed by atoms with van der Waals surface area (Å²) in [5.74, 6) is -1.27. The van der Waals surface area contributed by atoms with E-state index in [1.54, 1.807) is 11.0 Å². The van der Waals surface area contributed by atoms with E-state index >= 15 is 0 Å². The fourth-order valence-electron chi connectivity index (χ4n) is 2.23. The minimum atomic E-state index is -0.502. The number of nitrogens with zero attached hydrogens (tertiary/aromatic N) is 1. The Bertz CT molecular complexity index is 548. The lowest BCUT2D eigenvalue weighted by atomic mass is 10.1. The summed E-state index contributed by atoms with van der Waals surface area (Å²) in [4.78, 5) is 25.5. The normalized spacial score (nSPS) is 18.8. The summed E-state index contributed by atoms with van der Waals surface area (Å²) in [5, 5.41) is 2.55. The minimum Gasteiger partial charge on any atom is -0.339 e. The molecule has 4 nitrogen and oxygen atoms in total. The molecule has 6 heteroatoms. The van der Waals surface area contributed by atoms with Crippen LogP contribution in [0.3, 0.4) is 0 Å². The molecular weight excluding hydrogens is 327 g/mol. The van der Waals surface area contributed by atoms with E-state index in [0.29, 0.717) is 11.0 Å². The van der Waals surface area contributed by atoms with Crippen LogP contribution in [-0.4, -0.2) is 29.3 Å². The Morgan fingerprint density at radius 2 is 2.20 bits per heavy atom. The van der Waals surface area contributed by atoms with Crippen molar-refractivity contribution in [1.82, 2.24) is 4.90 Å². The van der Waals surface area contributed by atoms with Gasteiger partial charge in [0.25, 0.3) is 0 Å². The fourth-order valence-corrected chi connectivity index (χ4v) is 2.57. The quantitative estimate of drug-likeness (QED) is 0.918. The highest BCUT2D eigenvalue weighted by atomic mass is 79.9. The Kier molecular flexibility index (Phi) is 4.42. The monoisotopic (exact) mass is 342 g/mol. The lowest BCUT2D eigenvalue weighted by molar-refractivity contribution is -0.129. The average Bonchev–Trinajstić information content (AvgIpc) is 2.75. The van der Waals surface area contributed by atoms with Gasteiger partial charge in [-0.1, -0.05) is 15.9 Å². The van der Waals surface area contributed by atoms with Crippen LogP contribution in [0.15, 0.2) is 22.7 Å². The molecule has 1 saturated heterocycles. The number of hydrogen-bond donors (Lipinski definition) is 1. The van der Waals surface area contributed by atoms with Gasteiger partial charge >= 0.3 is 0 Å². The molecule has 0 aromatic heterocycles. The van der Waals surface area contributed by atoms with Crippen LogP contribution >= 0.6 is 15.9 Å². The van der Waals surface area contributed by atoms with Crippen LogP contribution in [0.5, 0.6) is 0 Å². The minimum absolute atomic E-state index is 0.0311. The van der Waals surface area contributed by atoms with Gasteiger partial charge in [0.05, 0.1) is 11.6 Å². The largest absolute Gasteiger partial charge is 0.339 e. The number of hydrogen-bond acceptors (Lipinski definition) is 2. The predicted octanol–water partition coefficient (Wildman–Crippen LogP) is 2.78. The lowest BCUT2D eigenvalue weighted by Gasteiger charge is -2.20. The number of halogens is 2. The number of likely N-dealkylation sites (tertiary alicyclic amines) is 1. The molecule has 0 saturated carbocycles. The first-order valence-corrected chi connectivity index (χ1v) is 7.23. The third kappa shape index (κ3) is 3.17. The third-order valence-electron chi connectivity index (χ3n) is 3.34. The molecule has 0 unspecified atom stereocenters. The van der Waals surface area contributed by atoms with Gasteiger partial charge in [-0.05, 0) is 32.0 Å². The molecular formula is C14H16BrFN2O2. The second kappa shape index (κ2) is 5.91. The van der Waals surface area contributed by atoms with Crippen molar-refractivity contribution in [1.29, 1.82) is 0 Å². The first kappa shape index (κ1) is 15.0. The number of anilines is 1. The van der Waals surface area contributed by atoms with E-state index in [2.05, 4.69) is 21.2 Å². The fraction of sp³-hybridized carbons (Fsp3) is 0.429.